The lowest BCUT2D eigenvalue weighted by Crippen LogP contribution is -1.91. The van der Waals surface area contributed by atoms with E-state index in [0.717, 1.165) is 18.8 Å². The molecular formula is C20H38. The molecule has 0 heterocycles. The van der Waals surface area contributed by atoms with Gasteiger partial charge in [0, 0.05) is 0 Å². The number of hydrogen-bond acceptors (Lipinski definition) is 0. The normalized spacial score (nSPS) is 9.40. The molecule has 118 valence electrons. The van der Waals surface area contributed by atoms with Crippen molar-refractivity contribution in [2.24, 2.45) is 5.92 Å². The summed E-state index contributed by atoms with van der Waals surface area (Å²) in [5.41, 5.74) is 2.98. The topological polar surface area (TPSA) is 0 Å². The summed E-state index contributed by atoms with van der Waals surface area (Å²) in [7, 11) is 0. The highest BCUT2D eigenvalue weighted by Gasteiger charge is 1.96. The van der Waals surface area contributed by atoms with Crippen LogP contribution in [0.1, 0.15) is 85.3 Å². The molecule has 0 aromatic heterocycles. The Morgan fingerprint density at radius 2 is 1.10 bits per heavy atom. The van der Waals surface area contributed by atoms with Crippen LogP contribution in [0.25, 0.3) is 0 Å². The summed E-state index contributed by atoms with van der Waals surface area (Å²) >= 11 is 0. The van der Waals surface area contributed by atoms with Crippen LogP contribution in [0.2, 0.25) is 0 Å². The quantitative estimate of drug-likeness (QED) is 0.522. The van der Waals surface area contributed by atoms with Crippen LogP contribution in [-0.4, -0.2) is 0 Å². The molecule has 20 heavy (non-hydrogen) atoms. The zero-order chi connectivity index (χ0) is 15.8. The predicted molar refractivity (Wildman–Crippen MR) is 95.5 cm³/mol. The van der Waals surface area contributed by atoms with Crippen LogP contribution in [0.4, 0.5) is 0 Å². The molecule has 0 N–H and O–H groups in total. The maximum atomic E-state index is 2.34. The van der Waals surface area contributed by atoms with Crippen molar-refractivity contribution in [3.63, 3.8) is 0 Å². The van der Waals surface area contributed by atoms with Crippen molar-refractivity contribution in [3.05, 3.63) is 35.4 Å². The Hall–Kier alpha value is -0.780. The second kappa shape index (κ2) is 16.3. The van der Waals surface area contributed by atoms with Gasteiger partial charge in [-0.1, -0.05) is 98.4 Å². The minimum atomic E-state index is 0.963. The van der Waals surface area contributed by atoms with Gasteiger partial charge in [0.25, 0.3) is 0 Å². The summed E-state index contributed by atoms with van der Waals surface area (Å²) in [6.07, 6.45) is 7.83. The summed E-state index contributed by atoms with van der Waals surface area (Å²) in [6, 6.07) is 8.63. The molecule has 0 saturated carbocycles. The number of aryl methyl sites for hydroxylation is 2. The lowest BCUT2D eigenvalue weighted by atomic mass is 10.0. The van der Waals surface area contributed by atoms with Crippen LogP contribution in [0.5, 0.6) is 0 Å². The van der Waals surface area contributed by atoms with E-state index in [1.807, 2.05) is 13.8 Å². The van der Waals surface area contributed by atoms with Gasteiger partial charge < -0.3 is 0 Å². The smallest absolute Gasteiger partial charge is 0.0305 e. The van der Waals surface area contributed by atoms with E-state index >= 15 is 0 Å². The highest BCUT2D eigenvalue weighted by molar-refractivity contribution is 5.26. The molecule has 0 atom stereocenters. The Morgan fingerprint density at radius 1 is 0.750 bits per heavy atom. The average molecular weight is 279 g/mol. The fourth-order valence-corrected chi connectivity index (χ4v) is 2.38. The average Bonchev–Trinajstić information content (AvgIpc) is 2.50. The fraction of sp³-hybridized carbons (Fsp3) is 0.700. The van der Waals surface area contributed by atoms with E-state index in [-0.39, 0.29) is 0 Å². The maximum absolute atomic E-state index is 2.34. The van der Waals surface area contributed by atoms with E-state index in [2.05, 4.69) is 58.9 Å². The molecule has 0 saturated heterocycles. The van der Waals surface area contributed by atoms with Crippen molar-refractivity contribution >= 4 is 0 Å². The van der Waals surface area contributed by atoms with Gasteiger partial charge in [0.15, 0.2) is 0 Å². The maximum Gasteiger partial charge on any atom is -0.0305 e. The third kappa shape index (κ3) is 11.1. The molecule has 0 amide bonds. The minimum Gasteiger partial charge on any atom is -0.0683 e. The van der Waals surface area contributed by atoms with Crippen molar-refractivity contribution in [2.75, 3.05) is 0 Å². The van der Waals surface area contributed by atoms with Crippen LogP contribution in [0.15, 0.2) is 24.3 Å². The lowest BCUT2D eigenvalue weighted by Gasteiger charge is -2.05. The van der Waals surface area contributed by atoms with E-state index in [4.69, 9.17) is 0 Å². The van der Waals surface area contributed by atoms with Crippen molar-refractivity contribution in [1.29, 1.82) is 0 Å². The minimum absolute atomic E-state index is 0.963. The third-order valence-electron chi connectivity index (χ3n) is 3.44. The van der Waals surface area contributed by atoms with Gasteiger partial charge in [-0.2, -0.15) is 0 Å². The van der Waals surface area contributed by atoms with E-state index < -0.39 is 0 Å². The molecule has 0 heteroatoms. The van der Waals surface area contributed by atoms with Crippen molar-refractivity contribution in [3.8, 4) is 0 Å². The summed E-state index contributed by atoms with van der Waals surface area (Å²) < 4.78 is 0. The number of rotatable bonds is 6. The highest BCUT2D eigenvalue weighted by Crippen LogP contribution is 2.11. The molecular weight excluding hydrogens is 240 g/mol. The second-order valence-electron chi connectivity index (χ2n) is 5.16. The van der Waals surface area contributed by atoms with Crippen LogP contribution in [0.3, 0.4) is 0 Å². The van der Waals surface area contributed by atoms with Crippen LogP contribution in [0, 0.1) is 5.92 Å². The Labute approximate surface area is 129 Å². The zero-order valence-electron chi connectivity index (χ0n) is 15.1. The van der Waals surface area contributed by atoms with Crippen LogP contribution in [-0.2, 0) is 12.8 Å². The van der Waals surface area contributed by atoms with Gasteiger partial charge in [-0.25, -0.2) is 0 Å². The van der Waals surface area contributed by atoms with Crippen LogP contribution >= 0.6 is 0 Å². The first-order valence-corrected chi connectivity index (χ1v) is 8.76. The number of benzene rings is 1. The Balaban J connectivity index is 0. The summed E-state index contributed by atoms with van der Waals surface area (Å²) in [4.78, 5) is 0. The van der Waals surface area contributed by atoms with Crippen molar-refractivity contribution in [1.82, 2.24) is 0 Å². The Bertz CT molecular complexity index is 259. The molecule has 1 aromatic rings. The van der Waals surface area contributed by atoms with Gasteiger partial charge >= 0.3 is 0 Å². The molecule has 0 unspecified atom stereocenters. The molecule has 0 spiro atoms. The van der Waals surface area contributed by atoms with Gasteiger partial charge in [-0.3, -0.25) is 0 Å². The molecule has 1 rings (SSSR count). The van der Waals surface area contributed by atoms with E-state index in [9.17, 15) is 0 Å². The lowest BCUT2D eigenvalue weighted by molar-refractivity contribution is 0.480. The molecule has 0 aliphatic rings. The van der Waals surface area contributed by atoms with Gasteiger partial charge in [0.2, 0.25) is 0 Å². The largest absolute Gasteiger partial charge is 0.0683 e. The fourth-order valence-electron chi connectivity index (χ4n) is 2.38. The van der Waals surface area contributed by atoms with E-state index in [1.54, 1.807) is 0 Å². The Kier molecular flexibility index (Phi) is 17.5. The molecule has 0 nitrogen and oxygen atoms in total. The second-order valence-corrected chi connectivity index (χ2v) is 5.16. The van der Waals surface area contributed by atoms with Gasteiger partial charge in [0.05, 0.1) is 0 Å². The molecule has 0 bridgehead atoms. The first-order valence-electron chi connectivity index (χ1n) is 8.76. The number of hydrogen-bond donors (Lipinski definition) is 0. The SMILES string of the molecule is CC.CCCC(C)CCC.CCc1ccccc1CC. The van der Waals surface area contributed by atoms with Crippen molar-refractivity contribution < 1.29 is 0 Å². The van der Waals surface area contributed by atoms with Gasteiger partial charge in [-0.05, 0) is 29.9 Å². The predicted octanol–water partition coefficient (Wildman–Crippen LogP) is 7.06. The summed E-state index contributed by atoms with van der Waals surface area (Å²) in [5, 5.41) is 0. The standard InChI is InChI=1S/C10H14.C8H18.C2H6/c1-3-9-7-5-6-8-10(9)4-2;1-4-6-8(3)7-5-2;1-2/h5-8H,3-4H2,1-2H3;8H,4-7H2,1-3H3;1-2H3. The molecule has 0 fully saturated rings. The molecule has 0 radical (unpaired) electrons. The monoisotopic (exact) mass is 278 g/mol. The molecule has 1 aromatic carbocycles. The first-order chi connectivity index (χ1) is 9.69. The molecule has 0 aliphatic heterocycles. The Morgan fingerprint density at radius 3 is 1.35 bits per heavy atom. The molecule has 0 aliphatic carbocycles. The van der Waals surface area contributed by atoms with Gasteiger partial charge in [0.1, 0.15) is 0 Å². The zero-order valence-corrected chi connectivity index (χ0v) is 15.1. The van der Waals surface area contributed by atoms with E-state index in [0.29, 0.717) is 0 Å². The summed E-state index contributed by atoms with van der Waals surface area (Å²) in [6.45, 7) is 15.3. The van der Waals surface area contributed by atoms with Crippen molar-refractivity contribution in [2.45, 2.75) is 87.0 Å². The highest BCUT2D eigenvalue weighted by atomic mass is 14.0. The first kappa shape index (κ1) is 21.5. The van der Waals surface area contributed by atoms with Crippen LogP contribution < -0.4 is 0 Å². The van der Waals surface area contributed by atoms with E-state index in [1.165, 1.54) is 36.8 Å². The third-order valence-corrected chi connectivity index (χ3v) is 3.44. The summed E-state index contributed by atoms with van der Waals surface area (Å²) in [5.74, 6) is 0.963. The van der Waals surface area contributed by atoms with Gasteiger partial charge in [-0.15, -0.1) is 0 Å².